The third kappa shape index (κ3) is 2.74. The van der Waals surface area contributed by atoms with Gasteiger partial charge in [-0.3, -0.25) is 4.79 Å². The van der Waals surface area contributed by atoms with E-state index >= 15 is 0 Å². The highest BCUT2D eigenvalue weighted by Gasteiger charge is 2.61. The lowest BCUT2D eigenvalue weighted by Crippen LogP contribution is -2.51. The van der Waals surface area contributed by atoms with E-state index in [2.05, 4.69) is 0 Å². The summed E-state index contributed by atoms with van der Waals surface area (Å²) in [6.07, 6.45) is -0.452. The molecular formula is C19H18FINO4+. The zero-order chi connectivity index (χ0) is 19.3. The molecule has 1 N–H and O–H groups in total. The van der Waals surface area contributed by atoms with Crippen LogP contribution in [-0.4, -0.2) is 38.0 Å². The number of ketones is 1. The standard InChI is InChI=1S/C19H18FINO4/c1-22(2)17-13(20)8-9-14(21)16(17)19(25,18(22)24)10-15(23)11-4-6-12(26-3)7-5-11/h4-9,25H,10H2,1-3H3/q+1/t19-/m0/s1. The molecule has 2 aromatic carbocycles. The monoisotopic (exact) mass is 470 g/mol. The van der Waals surface area contributed by atoms with Crippen LogP contribution in [0, 0.1) is 9.39 Å². The first-order chi connectivity index (χ1) is 12.1. The van der Waals surface area contributed by atoms with Gasteiger partial charge in [0.25, 0.3) is 0 Å². The number of amides is 1. The SMILES string of the molecule is COc1ccc(C(=O)C[C@@]2(O)C(=O)[N+](C)(C)c3c(F)ccc(I)c32)cc1. The number of nitrogens with zero attached hydrogens (tertiary/aromatic N) is 1. The Labute approximate surface area is 164 Å². The van der Waals surface area contributed by atoms with Crippen molar-refractivity contribution in [2.24, 2.45) is 0 Å². The molecular weight excluding hydrogens is 452 g/mol. The van der Waals surface area contributed by atoms with Crippen molar-refractivity contribution in [3.8, 4) is 5.75 Å². The highest BCUT2D eigenvalue weighted by molar-refractivity contribution is 14.1. The van der Waals surface area contributed by atoms with Crippen LogP contribution >= 0.6 is 22.6 Å². The Morgan fingerprint density at radius 2 is 1.85 bits per heavy atom. The number of Topliss-reactive ketones (excluding diaryl/α,β-unsaturated/α-hetero) is 1. The summed E-state index contributed by atoms with van der Waals surface area (Å²) < 4.78 is 19.6. The number of hydrogen-bond acceptors (Lipinski definition) is 4. The normalized spacial score (nSPS) is 20.8. The van der Waals surface area contributed by atoms with Gasteiger partial charge in [0.1, 0.15) is 5.75 Å². The lowest BCUT2D eigenvalue weighted by Gasteiger charge is -2.24. The average molecular weight is 470 g/mol. The van der Waals surface area contributed by atoms with E-state index in [1.165, 1.54) is 33.3 Å². The van der Waals surface area contributed by atoms with Gasteiger partial charge in [-0.1, -0.05) is 0 Å². The molecule has 0 aliphatic carbocycles. The summed E-state index contributed by atoms with van der Waals surface area (Å²) in [6.45, 7) is 0. The number of hydrogen-bond donors (Lipinski definition) is 1. The van der Waals surface area contributed by atoms with Gasteiger partial charge in [-0.15, -0.1) is 0 Å². The number of methoxy groups -OCH3 is 1. The first-order valence-electron chi connectivity index (χ1n) is 7.90. The van der Waals surface area contributed by atoms with Crippen LogP contribution in [0.5, 0.6) is 5.75 Å². The summed E-state index contributed by atoms with van der Waals surface area (Å²) in [6, 6.07) is 9.17. The molecule has 1 aliphatic heterocycles. The zero-order valence-corrected chi connectivity index (χ0v) is 16.7. The second-order valence-corrected chi connectivity index (χ2v) is 7.86. The number of rotatable bonds is 4. The van der Waals surface area contributed by atoms with Crippen molar-refractivity contribution < 1.29 is 23.8 Å². The Hall–Kier alpha value is -1.84. The molecule has 1 heterocycles. The van der Waals surface area contributed by atoms with Crippen molar-refractivity contribution in [3.05, 3.63) is 56.9 Å². The zero-order valence-electron chi connectivity index (χ0n) is 14.5. The van der Waals surface area contributed by atoms with Crippen LogP contribution < -0.4 is 9.22 Å². The van der Waals surface area contributed by atoms with Crippen molar-refractivity contribution in [3.63, 3.8) is 0 Å². The Morgan fingerprint density at radius 3 is 2.42 bits per heavy atom. The van der Waals surface area contributed by atoms with E-state index in [0.717, 1.165) is 0 Å². The minimum atomic E-state index is -2.07. The molecule has 7 heteroatoms. The molecule has 0 unspecified atom stereocenters. The largest absolute Gasteiger partial charge is 0.497 e. The number of carbonyl (C=O) groups is 2. The van der Waals surface area contributed by atoms with Crippen molar-refractivity contribution in [1.82, 2.24) is 4.48 Å². The van der Waals surface area contributed by atoms with Crippen LogP contribution in [0.1, 0.15) is 22.3 Å². The van der Waals surface area contributed by atoms with Crippen molar-refractivity contribution >= 4 is 40.0 Å². The molecule has 136 valence electrons. The van der Waals surface area contributed by atoms with Crippen molar-refractivity contribution in [2.75, 3.05) is 21.2 Å². The molecule has 2 aromatic rings. The van der Waals surface area contributed by atoms with E-state index in [1.54, 1.807) is 24.3 Å². The van der Waals surface area contributed by atoms with E-state index in [9.17, 15) is 19.1 Å². The van der Waals surface area contributed by atoms with Gasteiger partial charge < -0.3 is 9.84 Å². The van der Waals surface area contributed by atoms with E-state index in [-0.39, 0.29) is 11.3 Å². The molecule has 26 heavy (non-hydrogen) atoms. The molecule has 0 fully saturated rings. The summed E-state index contributed by atoms with van der Waals surface area (Å²) in [4.78, 5) is 25.7. The Bertz CT molecular complexity index is 911. The number of carbonyl (C=O) groups excluding carboxylic acids is 2. The number of fused-ring (bicyclic) bond motifs is 1. The highest BCUT2D eigenvalue weighted by Crippen LogP contribution is 2.48. The fraction of sp³-hybridized carbons (Fsp3) is 0.263. The van der Waals surface area contributed by atoms with Gasteiger partial charge >= 0.3 is 5.91 Å². The summed E-state index contributed by atoms with van der Waals surface area (Å²) in [7, 11) is 4.54. The van der Waals surface area contributed by atoms with Gasteiger partial charge in [0.05, 0.1) is 33.2 Å². The highest BCUT2D eigenvalue weighted by atomic mass is 127. The maximum absolute atomic E-state index is 14.4. The first-order valence-corrected chi connectivity index (χ1v) is 8.98. The molecule has 0 aromatic heterocycles. The minimum absolute atomic E-state index is 0.104. The number of aliphatic hydroxyl groups is 1. The van der Waals surface area contributed by atoms with Crippen molar-refractivity contribution in [2.45, 2.75) is 12.0 Å². The first kappa shape index (κ1) is 18.9. The van der Waals surface area contributed by atoms with Gasteiger partial charge in [-0.25, -0.2) is 13.7 Å². The summed E-state index contributed by atoms with van der Waals surface area (Å²) in [5.41, 5.74) is -1.45. The number of likely N-dealkylation sites (N-methyl/N-ethyl adjacent to an activating group) is 1. The van der Waals surface area contributed by atoms with Crippen LogP contribution in [0.25, 0.3) is 0 Å². The Morgan fingerprint density at radius 1 is 1.23 bits per heavy atom. The predicted octanol–water partition coefficient (Wildman–Crippen LogP) is 3.01. The Kier molecular flexibility index (Phi) is 4.66. The topological polar surface area (TPSA) is 63.6 Å². The molecule has 1 amide bonds. The molecule has 0 radical (unpaired) electrons. The summed E-state index contributed by atoms with van der Waals surface area (Å²) in [5.74, 6) is -1.02. The molecule has 0 saturated carbocycles. The second kappa shape index (κ2) is 6.40. The van der Waals surface area contributed by atoms with Crippen LogP contribution in [0.15, 0.2) is 36.4 Å². The molecule has 0 spiro atoms. The number of benzene rings is 2. The predicted molar refractivity (Wildman–Crippen MR) is 104 cm³/mol. The van der Waals surface area contributed by atoms with E-state index < -0.39 is 34.0 Å². The number of halogens is 2. The van der Waals surface area contributed by atoms with E-state index in [0.29, 0.717) is 14.9 Å². The van der Waals surface area contributed by atoms with Crippen LogP contribution in [0.4, 0.5) is 10.1 Å². The molecule has 5 nitrogen and oxygen atoms in total. The van der Waals surface area contributed by atoms with E-state index in [4.69, 9.17) is 4.74 Å². The lowest BCUT2D eigenvalue weighted by molar-refractivity contribution is -0.145. The lowest BCUT2D eigenvalue weighted by atomic mass is 9.88. The fourth-order valence-electron chi connectivity index (χ4n) is 3.43. The Balaban J connectivity index is 2.06. The summed E-state index contributed by atoms with van der Waals surface area (Å²) >= 11 is 1.95. The van der Waals surface area contributed by atoms with Crippen molar-refractivity contribution in [1.29, 1.82) is 0 Å². The summed E-state index contributed by atoms with van der Waals surface area (Å²) in [5, 5.41) is 11.2. The quantitative estimate of drug-likeness (QED) is 0.424. The van der Waals surface area contributed by atoms with Crippen LogP contribution in [0.2, 0.25) is 0 Å². The van der Waals surface area contributed by atoms with Gasteiger partial charge in [0, 0.05) is 9.13 Å². The van der Waals surface area contributed by atoms with Gasteiger partial charge in [-0.2, -0.15) is 0 Å². The smallest absolute Gasteiger partial charge is 0.355 e. The molecule has 0 saturated heterocycles. The van der Waals surface area contributed by atoms with Crippen LogP contribution in [-0.2, 0) is 10.4 Å². The number of ether oxygens (including phenoxy) is 1. The van der Waals surface area contributed by atoms with Gasteiger partial charge in [-0.05, 0) is 59.0 Å². The molecule has 0 bridgehead atoms. The minimum Gasteiger partial charge on any atom is -0.497 e. The maximum Gasteiger partial charge on any atom is 0.355 e. The fourth-order valence-corrected chi connectivity index (χ4v) is 4.31. The average Bonchev–Trinajstić information content (AvgIpc) is 2.77. The number of quaternary nitrogens is 1. The molecule has 3 rings (SSSR count). The maximum atomic E-state index is 14.4. The van der Waals surface area contributed by atoms with Gasteiger partial charge in [0.15, 0.2) is 17.3 Å². The van der Waals surface area contributed by atoms with Crippen LogP contribution in [0.3, 0.4) is 0 Å². The third-order valence-electron chi connectivity index (χ3n) is 4.74. The third-order valence-corrected chi connectivity index (χ3v) is 5.64. The van der Waals surface area contributed by atoms with Gasteiger partial charge in [0.2, 0.25) is 5.60 Å². The molecule has 1 aliphatic rings. The second-order valence-electron chi connectivity index (χ2n) is 6.70. The van der Waals surface area contributed by atoms with E-state index in [1.807, 2.05) is 22.6 Å². The molecule has 1 atom stereocenters.